The van der Waals surface area contributed by atoms with Gasteiger partial charge in [0.2, 0.25) is 23.6 Å². The third-order valence-electron chi connectivity index (χ3n) is 5.41. The minimum absolute atomic E-state index is 0.0610. The lowest BCUT2D eigenvalue weighted by Crippen LogP contribution is -2.68. The molecule has 0 aromatic carbocycles. The van der Waals surface area contributed by atoms with Crippen molar-refractivity contribution in [3.05, 3.63) is 0 Å². The summed E-state index contributed by atoms with van der Waals surface area (Å²) < 4.78 is 0. The molecule has 0 fully saturated rings. The molecule has 0 rings (SSSR count). The van der Waals surface area contributed by atoms with Gasteiger partial charge >= 0.3 is 5.97 Å². The molecule has 6 atom stereocenters. The first kappa shape index (κ1) is 31.9. The number of amides is 4. The molecule has 0 aliphatic rings. The number of hydrogen-bond acceptors (Lipinski definition) is 10. The van der Waals surface area contributed by atoms with Crippen molar-refractivity contribution in [1.82, 2.24) is 16.0 Å². The summed E-state index contributed by atoms with van der Waals surface area (Å²) in [5.74, 6) is -6.82. The van der Waals surface area contributed by atoms with E-state index < -0.39 is 71.9 Å². The summed E-state index contributed by atoms with van der Waals surface area (Å²) in [6, 6.07) is -1.84. The van der Waals surface area contributed by atoms with E-state index in [9.17, 15) is 44.1 Å². The Morgan fingerprint density at radius 3 is 2.14 bits per heavy atom. The van der Waals surface area contributed by atoms with Gasteiger partial charge in [-0.2, -0.15) is 0 Å². The van der Waals surface area contributed by atoms with Gasteiger partial charge in [-0.15, -0.1) is 0 Å². The summed E-state index contributed by atoms with van der Waals surface area (Å²) in [6.45, 7) is 0.587. The number of primary amides is 1. The summed E-state index contributed by atoms with van der Waals surface area (Å²) in [6.07, 6.45) is -4.83. The highest BCUT2D eigenvalue weighted by molar-refractivity contribution is 5.84. The van der Waals surface area contributed by atoms with Crippen LogP contribution in [-0.2, 0) is 28.8 Å². The van der Waals surface area contributed by atoms with Crippen LogP contribution in [0.25, 0.3) is 0 Å². The predicted octanol–water partition coefficient (Wildman–Crippen LogP) is -4.64. The van der Waals surface area contributed by atoms with E-state index in [-0.39, 0.29) is 38.6 Å². The van der Waals surface area contributed by atoms with Crippen molar-refractivity contribution < 1.29 is 54.3 Å². The summed E-state index contributed by atoms with van der Waals surface area (Å²) in [5.41, 5.74) is 2.44. The van der Waals surface area contributed by atoms with Crippen molar-refractivity contribution in [3.63, 3.8) is 0 Å². The van der Waals surface area contributed by atoms with Crippen molar-refractivity contribution in [2.45, 2.75) is 57.0 Å². The average molecular weight is 507 g/mol. The molecule has 2 unspecified atom stereocenters. The maximum Gasteiger partial charge on any atom is 0.303 e. The standard InChI is InChI=1S/C20H34N4O11/c1-10(20(35,17(32)13(28)8-25)14(9-26)24-11(2)27)19(34)22-6-5-15(29)23-7-12(18(21)33)3-4-16(30)31/h9-10,12-14,17,25,28,32,35H,3-8H2,1-2H3,(H2,21,33)(H,22,34)(H,23,29)(H,24,27)(H,30,31)/t10?,12?,13-,14+,17-,20-/m1/s1. The lowest BCUT2D eigenvalue weighted by atomic mass is 9.75. The molecule has 0 aliphatic heterocycles. The molecule has 35 heavy (non-hydrogen) atoms. The number of aldehydes is 1. The van der Waals surface area contributed by atoms with Crippen LogP contribution in [0.15, 0.2) is 0 Å². The largest absolute Gasteiger partial charge is 0.481 e. The number of carboxylic acids is 1. The normalized spacial score (nSPS) is 17.0. The highest BCUT2D eigenvalue weighted by Gasteiger charge is 2.53. The Labute approximate surface area is 201 Å². The van der Waals surface area contributed by atoms with Gasteiger partial charge in [0.1, 0.15) is 30.1 Å². The molecule has 15 nitrogen and oxygen atoms in total. The van der Waals surface area contributed by atoms with E-state index in [2.05, 4.69) is 16.0 Å². The van der Waals surface area contributed by atoms with E-state index in [1.54, 1.807) is 0 Å². The van der Waals surface area contributed by atoms with Crippen LogP contribution in [-0.4, -0.2) is 105 Å². The number of aliphatic carboxylic acids is 1. The maximum atomic E-state index is 12.6. The van der Waals surface area contributed by atoms with Gasteiger partial charge in [-0.05, 0) is 6.42 Å². The first-order chi connectivity index (χ1) is 16.2. The second-order valence-corrected chi connectivity index (χ2v) is 7.99. The molecule has 0 heterocycles. The van der Waals surface area contributed by atoms with Gasteiger partial charge in [-0.1, -0.05) is 6.92 Å². The van der Waals surface area contributed by atoms with Crippen LogP contribution >= 0.6 is 0 Å². The van der Waals surface area contributed by atoms with Crippen LogP contribution in [0.4, 0.5) is 0 Å². The van der Waals surface area contributed by atoms with Crippen LogP contribution < -0.4 is 21.7 Å². The van der Waals surface area contributed by atoms with Gasteiger partial charge in [0.25, 0.3) is 0 Å². The van der Waals surface area contributed by atoms with Gasteiger partial charge in [-0.3, -0.25) is 24.0 Å². The Hall–Kier alpha value is -3.14. The van der Waals surface area contributed by atoms with Crippen molar-refractivity contribution >= 4 is 35.9 Å². The SMILES string of the molecule is CC(=O)N[C@@H](C=O)[C@](O)(C(C)C(=O)NCCC(=O)NCC(CCC(=O)O)C(N)=O)[C@H](O)[C@H](O)CO. The fraction of sp³-hybridized carbons (Fsp3) is 0.700. The monoisotopic (exact) mass is 506 g/mol. The van der Waals surface area contributed by atoms with Gasteiger partial charge in [0, 0.05) is 32.9 Å². The molecule has 0 saturated heterocycles. The molecule has 0 saturated carbocycles. The number of rotatable bonds is 17. The van der Waals surface area contributed by atoms with Gasteiger partial charge < -0.3 is 52.0 Å². The summed E-state index contributed by atoms with van der Waals surface area (Å²) >= 11 is 0. The van der Waals surface area contributed by atoms with E-state index in [1.807, 2.05) is 0 Å². The predicted molar refractivity (Wildman–Crippen MR) is 117 cm³/mol. The number of nitrogens with two attached hydrogens (primary N) is 1. The van der Waals surface area contributed by atoms with E-state index >= 15 is 0 Å². The number of aliphatic hydroxyl groups excluding tert-OH is 3. The average Bonchev–Trinajstić information content (AvgIpc) is 2.79. The molecule has 10 N–H and O–H groups in total. The zero-order valence-corrected chi connectivity index (χ0v) is 19.5. The Kier molecular flexibility index (Phi) is 13.6. The Morgan fingerprint density at radius 1 is 1.09 bits per heavy atom. The van der Waals surface area contributed by atoms with Gasteiger partial charge in [0.15, 0.2) is 0 Å². The first-order valence-electron chi connectivity index (χ1n) is 10.7. The topological polar surface area (TPSA) is 266 Å². The molecule has 15 heteroatoms. The van der Waals surface area contributed by atoms with Crippen LogP contribution in [0.3, 0.4) is 0 Å². The fourth-order valence-electron chi connectivity index (χ4n) is 3.23. The van der Waals surface area contributed by atoms with Crippen LogP contribution in [0.2, 0.25) is 0 Å². The minimum atomic E-state index is -2.74. The van der Waals surface area contributed by atoms with Crippen LogP contribution in [0.1, 0.15) is 33.1 Å². The number of hydrogen-bond donors (Lipinski definition) is 9. The lowest BCUT2D eigenvalue weighted by molar-refractivity contribution is -0.181. The van der Waals surface area contributed by atoms with E-state index in [0.717, 1.165) is 13.8 Å². The second kappa shape index (κ2) is 15.0. The zero-order chi connectivity index (χ0) is 27.3. The zero-order valence-electron chi connectivity index (χ0n) is 19.5. The first-order valence-corrected chi connectivity index (χ1v) is 10.7. The third kappa shape index (κ3) is 9.94. The van der Waals surface area contributed by atoms with Gasteiger partial charge in [0.05, 0.1) is 18.4 Å². The van der Waals surface area contributed by atoms with Crippen molar-refractivity contribution in [1.29, 1.82) is 0 Å². The third-order valence-corrected chi connectivity index (χ3v) is 5.41. The quantitative estimate of drug-likeness (QED) is 0.0846. The summed E-state index contributed by atoms with van der Waals surface area (Å²) in [7, 11) is 0. The molecule has 0 spiro atoms. The number of carboxylic acid groups (broad SMARTS) is 1. The summed E-state index contributed by atoms with van der Waals surface area (Å²) in [4.78, 5) is 69.5. The number of aliphatic hydroxyl groups is 4. The molecular weight excluding hydrogens is 472 g/mol. The van der Waals surface area contributed by atoms with Crippen LogP contribution in [0.5, 0.6) is 0 Å². The van der Waals surface area contributed by atoms with Crippen molar-refractivity contribution in [2.75, 3.05) is 19.7 Å². The molecule has 0 aromatic heterocycles. The molecule has 0 aromatic rings. The fourth-order valence-corrected chi connectivity index (χ4v) is 3.23. The van der Waals surface area contributed by atoms with Crippen molar-refractivity contribution in [3.8, 4) is 0 Å². The summed E-state index contributed by atoms with van der Waals surface area (Å²) in [5, 5.41) is 55.7. The highest BCUT2D eigenvalue weighted by atomic mass is 16.4. The molecule has 0 bridgehead atoms. The van der Waals surface area contributed by atoms with E-state index in [1.165, 1.54) is 0 Å². The molecular formula is C20H34N4O11. The molecule has 200 valence electrons. The Bertz CT molecular complexity index is 778. The Balaban J connectivity index is 5.16. The highest BCUT2D eigenvalue weighted by Crippen LogP contribution is 2.28. The number of carbonyl (C=O) groups is 6. The van der Waals surface area contributed by atoms with E-state index in [0.29, 0.717) is 0 Å². The molecule has 4 amide bonds. The smallest absolute Gasteiger partial charge is 0.303 e. The second-order valence-electron chi connectivity index (χ2n) is 7.99. The van der Waals surface area contributed by atoms with Gasteiger partial charge in [-0.25, -0.2) is 0 Å². The molecule has 0 radical (unpaired) electrons. The minimum Gasteiger partial charge on any atom is -0.481 e. The number of carbonyl (C=O) groups excluding carboxylic acids is 5. The molecule has 0 aliphatic carbocycles. The number of nitrogens with one attached hydrogen (secondary N) is 3. The Morgan fingerprint density at radius 2 is 1.69 bits per heavy atom. The lowest BCUT2D eigenvalue weighted by Gasteiger charge is -2.42. The van der Waals surface area contributed by atoms with Crippen LogP contribution in [0, 0.1) is 11.8 Å². The van der Waals surface area contributed by atoms with Crippen molar-refractivity contribution in [2.24, 2.45) is 17.6 Å². The van der Waals surface area contributed by atoms with E-state index in [4.69, 9.17) is 15.9 Å². The maximum absolute atomic E-state index is 12.6.